The van der Waals surface area contributed by atoms with Gasteiger partial charge in [0.25, 0.3) is 5.91 Å². The van der Waals surface area contributed by atoms with Crippen molar-refractivity contribution in [3.05, 3.63) is 76.9 Å². The van der Waals surface area contributed by atoms with Crippen molar-refractivity contribution in [3.8, 4) is 17.2 Å². The quantitative estimate of drug-likeness (QED) is 0.439. The summed E-state index contributed by atoms with van der Waals surface area (Å²) >= 11 is 1.63. The molecule has 0 aromatic heterocycles. The van der Waals surface area contributed by atoms with Crippen LogP contribution in [0, 0.1) is 6.92 Å². The van der Waals surface area contributed by atoms with E-state index in [4.69, 9.17) is 14.2 Å². The van der Waals surface area contributed by atoms with Gasteiger partial charge in [-0.2, -0.15) is 0 Å². The largest absolute Gasteiger partial charge is 0.495 e. The Morgan fingerprint density at radius 2 is 1.56 bits per heavy atom. The first-order chi connectivity index (χ1) is 17.3. The van der Waals surface area contributed by atoms with Crippen LogP contribution in [0.3, 0.4) is 0 Å². The third-order valence-corrected chi connectivity index (χ3v) is 7.27. The molecule has 4 rings (SSSR count). The van der Waals surface area contributed by atoms with Crippen molar-refractivity contribution in [2.75, 3.05) is 39.9 Å². The number of methoxy groups -OCH3 is 3. The second-order valence-corrected chi connectivity index (χ2v) is 9.48. The molecule has 2 atom stereocenters. The van der Waals surface area contributed by atoms with Gasteiger partial charge in [-0.05, 0) is 66.3 Å². The van der Waals surface area contributed by atoms with E-state index in [-0.39, 0.29) is 11.8 Å². The van der Waals surface area contributed by atoms with Gasteiger partial charge in [0.2, 0.25) is 5.91 Å². The minimum Gasteiger partial charge on any atom is -0.495 e. The van der Waals surface area contributed by atoms with Gasteiger partial charge in [0.1, 0.15) is 5.75 Å². The number of fused-ring (bicyclic) bond motifs is 1. The lowest BCUT2D eigenvalue weighted by Crippen LogP contribution is -2.44. The van der Waals surface area contributed by atoms with E-state index >= 15 is 0 Å². The molecular formula is C28H30N2O5S. The van der Waals surface area contributed by atoms with Gasteiger partial charge in [-0.1, -0.05) is 18.2 Å². The summed E-state index contributed by atoms with van der Waals surface area (Å²) in [5.74, 6) is 0.277. The number of rotatable bonds is 7. The molecule has 8 heteroatoms. The van der Waals surface area contributed by atoms with Crippen molar-refractivity contribution in [3.63, 3.8) is 0 Å². The van der Waals surface area contributed by atoms with Crippen LogP contribution in [0.25, 0.3) is 0 Å². The number of nitrogens with zero attached hydrogens (tertiary/aromatic N) is 1. The van der Waals surface area contributed by atoms with Gasteiger partial charge >= 0.3 is 0 Å². The van der Waals surface area contributed by atoms with Crippen LogP contribution in [-0.4, -0.2) is 51.3 Å². The molecule has 1 N–H and O–H groups in total. The second-order valence-electron chi connectivity index (χ2n) is 8.60. The van der Waals surface area contributed by atoms with Gasteiger partial charge in [-0.15, -0.1) is 11.8 Å². The third-order valence-electron chi connectivity index (χ3n) is 6.53. The lowest BCUT2D eigenvalue weighted by molar-refractivity contribution is -0.119. The molecule has 3 aromatic carbocycles. The Balaban J connectivity index is 1.89. The lowest BCUT2D eigenvalue weighted by Gasteiger charge is -2.40. The van der Waals surface area contributed by atoms with Gasteiger partial charge in [-0.25, -0.2) is 0 Å². The maximum atomic E-state index is 14.0. The number of thioether (sulfide) groups is 1. The highest BCUT2D eigenvalue weighted by atomic mass is 32.2. The average Bonchev–Trinajstić information content (AvgIpc) is 2.90. The summed E-state index contributed by atoms with van der Waals surface area (Å²) in [4.78, 5) is 30.3. The summed E-state index contributed by atoms with van der Waals surface area (Å²) < 4.78 is 16.5. The third kappa shape index (κ3) is 4.60. The van der Waals surface area contributed by atoms with Gasteiger partial charge in [0.05, 0.1) is 39.0 Å². The van der Waals surface area contributed by atoms with Gasteiger partial charge in [-0.3, -0.25) is 9.59 Å². The Morgan fingerprint density at radius 1 is 0.917 bits per heavy atom. The number of anilines is 1. The molecule has 7 nitrogen and oxygen atoms in total. The molecule has 0 radical (unpaired) electrons. The van der Waals surface area contributed by atoms with E-state index in [0.717, 1.165) is 16.0 Å². The van der Waals surface area contributed by atoms with E-state index in [9.17, 15) is 9.59 Å². The number of likely N-dealkylation sites (N-methyl/N-ethyl adjacent to an activating group) is 1. The molecule has 0 unspecified atom stereocenters. The van der Waals surface area contributed by atoms with Crippen LogP contribution in [0.4, 0.5) is 5.69 Å². The molecule has 1 aliphatic heterocycles. The zero-order valence-corrected chi connectivity index (χ0v) is 22.1. The first kappa shape index (κ1) is 25.4. The van der Waals surface area contributed by atoms with Crippen molar-refractivity contribution in [2.45, 2.75) is 23.8 Å². The van der Waals surface area contributed by atoms with E-state index < -0.39 is 12.0 Å². The molecule has 36 heavy (non-hydrogen) atoms. The number of nitrogens with one attached hydrogen (secondary N) is 1. The molecule has 0 aliphatic carbocycles. The number of amides is 2. The molecule has 0 spiro atoms. The van der Waals surface area contributed by atoms with Crippen LogP contribution >= 0.6 is 11.8 Å². The minimum absolute atomic E-state index is 0.193. The molecule has 0 fully saturated rings. The van der Waals surface area contributed by atoms with E-state index in [1.54, 1.807) is 43.0 Å². The van der Waals surface area contributed by atoms with Crippen molar-refractivity contribution in [1.82, 2.24) is 4.90 Å². The minimum atomic E-state index is -0.715. The molecule has 3 aromatic rings. The molecule has 0 bridgehead atoms. The van der Waals surface area contributed by atoms with Crippen molar-refractivity contribution >= 4 is 29.3 Å². The standard InChI is InChI=1S/C28H30N2O5S/c1-16-7-12-22(33-3)21(13-16)29-27(31)25-19-14-23(34-4)24(35-5)15-20(19)28(32)30(2)26(25)17-8-10-18(36-6)11-9-17/h7-15,25-26H,1-6H3,(H,29,31)/t25-,26+/m1/s1. The maximum Gasteiger partial charge on any atom is 0.254 e. The molecule has 2 amide bonds. The Bertz CT molecular complexity index is 1290. The van der Waals surface area contributed by atoms with E-state index in [1.807, 2.05) is 55.6 Å². The number of carbonyl (C=O) groups is 2. The highest BCUT2D eigenvalue weighted by Crippen LogP contribution is 2.46. The van der Waals surface area contributed by atoms with E-state index in [0.29, 0.717) is 34.1 Å². The van der Waals surface area contributed by atoms with Crippen LogP contribution in [0.1, 0.15) is 39.0 Å². The summed E-state index contributed by atoms with van der Waals surface area (Å²) in [7, 11) is 6.34. The smallest absolute Gasteiger partial charge is 0.254 e. The summed E-state index contributed by atoms with van der Waals surface area (Å²) in [5, 5.41) is 3.06. The fourth-order valence-corrected chi connectivity index (χ4v) is 5.09. The number of hydrogen-bond donors (Lipinski definition) is 1. The summed E-state index contributed by atoms with van der Waals surface area (Å²) in [6.07, 6.45) is 2.01. The summed E-state index contributed by atoms with van der Waals surface area (Å²) in [6.45, 7) is 1.95. The van der Waals surface area contributed by atoms with Crippen molar-refractivity contribution in [2.24, 2.45) is 0 Å². The van der Waals surface area contributed by atoms with Gasteiger partial charge in [0.15, 0.2) is 11.5 Å². The molecule has 1 aliphatic rings. The molecule has 0 saturated heterocycles. The van der Waals surface area contributed by atoms with Crippen LogP contribution in [0.2, 0.25) is 0 Å². The van der Waals surface area contributed by atoms with Crippen molar-refractivity contribution in [1.29, 1.82) is 0 Å². The first-order valence-electron chi connectivity index (χ1n) is 11.5. The second kappa shape index (κ2) is 10.5. The maximum absolute atomic E-state index is 14.0. The van der Waals surface area contributed by atoms with Crippen LogP contribution < -0.4 is 19.5 Å². The Labute approximate surface area is 215 Å². The van der Waals surface area contributed by atoms with Crippen molar-refractivity contribution < 1.29 is 23.8 Å². The zero-order valence-electron chi connectivity index (χ0n) is 21.2. The van der Waals surface area contributed by atoms with E-state index in [1.165, 1.54) is 14.2 Å². The van der Waals surface area contributed by atoms with Crippen LogP contribution in [-0.2, 0) is 4.79 Å². The number of hydrogen-bond acceptors (Lipinski definition) is 6. The summed E-state index contributed by atoms with van der Waals surface area (Å²) in [5.41, 5.74) is 3.40. The topological polar surface area (TPSA) is 77.1 Å². The fraction of sp³-hybridized carbons (Fsp3) is 0.286. The number of ether oxygens (including phenoxy) is 3. The lowest BCUT2D eigenvalue weighted by atomic mass is 9.79. The molecular weight excluding hydrogens is 476 g/mol. The molecule has 1 heterocycles. The average molecular weight is 507 g/mol. The molecule has 0 saturated carbocycles. The highest BCUT2D eigenvalue weighted by molar-refractivity contribution is 7.98. The highest BCUT2D eigenvalue weighted by Gasteiger charge is 2.43. The van der Waals surface area contributed by atoms with Crippen LogP contribution in [0.15, 0.2) is 59.5 Å². The Kier molecular flexibility index (Phi) is 7.45. The zero-order chi connectivity index (χ0) is 26.0. The normalized spacial score (nSPS) is 16.8. The van der Waals surface area contributed by atoms with E-state index in [2.05, 4.69) is 5.32 Å². The monoisotopic (exact) mass is 506 g/mol. The Hall–Kier alpha value is -3.65. The van der Waals surface area contributed by atoms with Crippen LogP contribution in [0.5, 0.6) is 17.2 Å². The number of aryl methyl sites for hydroxylation is 1. The van der Waals surface area contributed by atoms with Gasteiger partial charge in [0, 0.05) is 17.5 Å². The first-order valence-corrected chi connectivity index (χ1v) is 12.7. The number of carbonyl (C=O) groups excluding carboxylic acids is 2. The predicted molar refractivity (Wildman–Crippen MR) is 142 cm³/mol. The predicted octanol–water partition coefficient (Wildman–Crippen LogP) is 5.29. The SMILES string of the molecule is COc1ccc(C)cc1NC(=O)[C@@H]1c2cc(OC)c(OC)cc2C(=O)N(C)[C@H]1c1ccc(SC)cc1. The fourth-order valence-electron chi connectivity index (χ4n) is 4.68. The molecule has 188 valence electrons. The number of benzene rings is 3. The Morgan fingerprint density at radius 3 is 2.17 bits per heavy atom. The van der Waals surface area contributed by atoms with Gasteiger partial charge < -0.3 is 24.4 Å². The summed E-state index contributed by atoms with van der Waals surface area (Å²) in [6, 6.07) is 16.4.